The Morgan fingerprint density at radius 3 is 1.38 bits per heavy atom. The molecule has 2 amide bonds. The fraction of sp³-hybridized carbons (Fsp3) is 0.391. The van der Waals surface area contributed by atoms with Gasteiger partial charge in [0.2, 0.25) is 0 Å². The Kier molecular flexibility index (Phi) is 8.07. The van der Waals surface area contributed by atoms with Crippen LogP contribution in [0.1, 0.15) is 51.7 Å². The first-order valence-electron chi connectivity index (χ1n) is 9.95. The molecule has 0 aliphatic rings. The average molecular weight is 399 g/mol. The van der Waals surface area contributed by atoms with E-state index in [0.29, 0.717) is 24.6 Å². The zero-order chi connectivity index (χ0) is 21.3. The quantitative estimate of drug-likeness (QED) is 0.578. The van der Waals surface area contributed by atoms with Gasteiger partial charge in [-0.05, 0) is 48.2 Å². The Bertz CT molecular complexity index is 731. The number of carbonyl (C=O) groups is 2. The zero-order valence-electron chi connectivity index (χ0n) is 17.6. The summed E-state index contributed by atoms with van der Waals surface area (Å²) in [6.07, 6.45) is 0.683. The van der Waals surface area contributed by atoms with Gasteiger partial charge in [0.05, 0.1) is 13.2 Å². The number of carbonyl (C=O) groups excluding carboxylic acids is 2. The Balaban J connectivity index is 2.04. The number of nitrogens with one attached hydrogen (secondary N) is 2. The monoisotopic (exact) mass is 398 g/mol. The van der Waals surface area contributed by atoms with Crippen LogP contribution in [0.15, 0.2) is 48.5 Å². The maximum Gasteiger partial charge on any atom is 0.411 e. The van der Waals surface area contributed by atoms with Crippen molar-refractivity contribution in [3.63, 3.8) is 0 Å². The van der Waals surface area contributed by atoms with E-state index in [1.54, 1.807) is 0 Å². The predicted molar refractivity (Wildman–Crippen MR) is 116 cm³/mol. The smallest absolute Gasteiger partial charge is 0.411 e. The summed E-state index contributed by atoms with van der Waals surface area (Å²) >= 11 is 0. The molecule has 0 aliphatic heterocycles. The van der Waals surface area contributed by atoms with E-state index in [0.717, 1.165) is 24.0 Å². The molecule has 0 radical (unpaired) electrons. The van der Waals surface area contributed by atoms with E-state index in [1.807, 2.05) is 62.4 Å². The van der Waals surface area contributed by atoms with Crippen molar-refractivity contribution in [2.45, 2.75) is 46.0 Å². The van der Waals surface area contributed by atoms with Crippen molar-refractivity contribution in [2.24, 2.45) is 0 Å². The molecule has 0 saturated carbocycles. The SMILES string of the molecule is CCCOC(=O)Nc1ccc(C(C)(C)c2ccc(NC(=O)OCCC)cc2)cc1. The van der Waals surface area contributed by atoms with E-state index in [-0.39, 0.29) is 5.41 Å². The lowest BCUT2D eigenvalue weighted by molar-refractivity contribution is 0.161. The molecule has 0 bridgehead atoms. The highest BCUT2D eigenvalue weighted by Crippen LogP contribution is 2.32. The largest absolute Gasteiger partial charge is 0.449 e. The zero-order valence-corrected chi connectivity index (χ0v) is 17.6. The summed E-state index contributed by atoms with van der Waals surface area (Å²) in [5.41, 5.74) is 3.34. The van der Waals surface area contributed by atoms with Crippen LogP contribution < -0.4 is 10.6 Å². The third-order valence-electron chi connectivity index (χ3n) is 4.58. The molecule has 0 unspecified atom stereocenters. The standard InChI is InChI=1S/C23H30N2O4/c1-5-15-28-21(26)24-19-11-7-17(8-12-19)23(3,4)18-9-13-20(14-10-18)25-22(27)29-16-6-2/h7-14H,5-6,15-16H2,1-4H3,(H,24,26)(H,25,27). The van der Waals surface area contributed by atoms with Crippen LogP contribution in [0.4, 0.5) is 21.0 Å². The van der Waals surface area contributed by atoms with Crippen molar-refractivity contribution in [3.05, 3.63) is 59.7 Å². The third kappa shape index (κ3) is 6.52. The molecule has 6 nitrogen and oxygen atoms in total. The highest BCUT2D eigenvalue weighted by atomic mass is 16.6. The number of amides is 2. The molecule has 2 aromatic rings. The van der Waals surface area contributed by atoms with Gasteiger partial charge in [-0.2, -0.15) is 0 Å². The minimum absolute atomic E-state index is 0.248. The van der Waals surface area contributed by atoms with Crippen LogP contribution >= 0.6 is 0 Å². The van der Waals surface area contributed by atoms with E-state index >= 15 is 0 Å². The second-order valence-electron chi connectivity index (χ2n) is 7.30. The van der Waals surface area contributed by atoms with Gasteiger partial charge in [0.15, 0.2) is 0 Å². The predicted octanol–water partition coefficient (Wildman–Crippen LogP) is 5.93. The lowest BCUT2D eigenvalue weighted by atomic mass is 9.78. The molecular weight excluding hydrogens is 368 g/mol. The van der Waals surface area contributed by atoms with Gasteiger partial charge >= 0.3 is 12.2 Å². The summed E-state index contributed by atoms with van der Waals surface area (Å²) in [4.78, 5) is 23.3. The van der Waals surface area contributed by atoms with Crippen LogP contribution in [0.2, 0.25) is 0 Å². The minimum Gasteiger partial charge on any atom is -0.449 e. The van der Waals surface area contributed by atoms with E-state index in [9.17, 15) is 9.59 Å². The maximum absolute atomic E-state index is 11.7. The molecule has 29 heavy (non-hydrogen) atoms. The van der Waals surface area contributed by atoms with Crippen molar-refractivity contribution in [2.75, 3.05) is 23.8 Å². The minimum atomic E-state index is -0.445. The number of rotatable bonds is 8. The van der Waals surface area contributed by atoms with Gasteiger partial charge in [0, 0.05) is 16.8 Å². The van der Waals surface area contributed by atoms with Crippen molar-refractivity contribution in [3.8, 4) is 0 Å². The number of anilines is 2. The molecule has 0 atom stereocenters. The fourth-order valence-electron chi connectivity index (χ4n) is 2.80. The number of ether oxygens (including phenoxy) is 2. The molecular formula is C23H30N2O4. The first-order chi connectivity index (χ1) is 13.9. The van der Waals surface area contributed by atoms with Gasteiger partial charge in [-0.15, -0.1) is 0 Å². The molecule has 6 heteroatoms. The van der Waals surface area contributed by atoms with Gasteiger partial charge in [0.25, 0.3) is 0 Å². The summed E-state index contributed by atoms with van der Waals surface area (Å²) in [7, 11) is 0. The molecule has 0 spiro atoms. The summed E-state index contributed by atoms with van der Waals surface area (Å²) in [5.74, 6) is 0. The average Bonchev–Trinajstić information content (AvgIpc) is 2.71. The number of hydrogen-bond donors (Lipinski definition) is 2. The fourth-order valence-corrected chi connectivity index (χ4v) is 2.80. The molecule has 156 valence electrons. The molecule has 0 aliphatic carbocycles. The van der Waals surface area contributed by atoms with E-state index in [2.05, 4.69) is 24.5 Å². The highest BCUT2D eigenvalue weighted by molar-refractivity contribution is 5.85. The van der Waals surface area contributed by atoms with Crippen molar-refractivity contribution in [1.82, 2.24) is 0 Å². The number of benzene rings is 2. The Hall–Kier alpha value is -3.02. The van der Waals surface area contributed by atoms with Gasteiger partial charge in [-0.25, -0.2) is 9.59 Å². The van der Waals surface area contributed by atoms with Crippen LogP contribution in [-0.4, -0.2) is 25.4 Å². The first-order valence-corrected chi connectivity index (χ1v) is 9.95. The highest BCUT2D eigenvalue weighted by Gasteiger charge is 2.23. The van der Waals surface area contributed by atoms with Crippen LogP contribution in [0.25, 0.3) is 0 Å². The molecule has 0 saturated heterocycles. The lowest BCUT2D eigenvalue weighted by Gasteiger charge is -2.26. The van der Waals surface area contributed by atoms with Crippen LogP contribution in [0.5, 0.6) is 0 Å². The van der Waals surface area contributed by atoms with E-state index < -0.39 is 12.2 Å². The third-order valence-corrected chi connectivity index (χ3v) is 4.58. The van der Waals surface area contributed by atoms with Gasteiger partial charge in [0.1, 0.15) is 0 Å². The summed E-state index contributed by atoms with van der Waals surface area (Å²) in [6, 6.07) is 15.4. The van der Waals surface area contributed by atoms with E-state index in [1.165, 1.54) is 0 Å². The van der Waals surface area contributed by atoms with Crippen LogP contribution in [-0.2, 0) is 14.9 Å². The van der Waals surface area contributed by atoms with Gasteiger partial charge < -0.3 is 9.47 Å². The Labute approximate surface area is 172 Å². The molecule has 2 rings (SSSR count). The summed E-state index contributed by atoms with van der Waals surface area (Å²) in [5, 5.41) is 5.44. The van der Waals surface area contributed by atoms with Crippen molar-refractivity contribution in [1.29, 1.82) is 0 Å². The molecule has 0 fully saturated rings. The molecule has 2 aromatic carbocycles. The molecule has 2 N–H and O–H groups in total. The second-order valence-corrected chi connectivity index (χ2v) is 7.30. The topological polar surface area (TPSA) is 76.7 Å². The number of hydrogen-bond acceptors (Lipinski definition) is 4. The van der Waals surface area contributed by atoms with Crippen molar-refractivity contribution < 1.29 is 19.1 Å². The van der Waals surface area contributed by atoms with Crippen molar-refractivity contribution >= 4 is 23.6 Å². The van der Waals surface area contributed by atoms with Gasteiger partial charge in [-0.1, -0.05) is 52.0 Å². The maximum atomic E-state index is 11.7. The van der Waals surface area contributed by atoms with Gasteiger partial charge in [-0.3, -0.25) is 10.6 Å². The molecule has 0 heterocycles. The van der Waals surface area contributed by atoms with E-state index in [4.69, 9.17) is 9.47 Å². The lowest BCUT2D eigenvalue weighted by Crippen LogP contribution is -2.19. The van der Waals surface area contributed by atoms with Crippen LogP contribution in [0.3, 0.4) is 0 Å². The summed E-state index contributed by atoms with van der Waals surface area (Å²) in [6.45, 7) is 8.96. The molecule has 0 aromatic heterocycles. The second kappa shape index (κ2) is 10.5. The van der Waals surface area contributed by atoms with Crippen LogP contribution in [0, 0.1) is 0 Å². The Morgan fingerprint density at radius 2 is 1.07 bits per heavy atom. The normalized spacial score (nSPS) is 10.9. The first kappa shape index (κ1) is 22.3. The summed E-state index contributed by atoms with van der Waals surface area (Å²) < 4.78 is 10.1. The Morgan fingerprint density at radius 1 is 0.724 bits per heavy atom.